The van der Waals surface area contributed by atoms with Gasteiger partial charge in [-0.1, -0.05) is 75.6 Å². The number of urea groups is 2. The Morgan fingerprint density at radius 1 is 0.648 bits per heavy atom. The first-order valence-corrected chi connectivity index (χ1v) is 26.4. The number of nitrogens with two attached hydrogens (primary N) is 1. The number of hydrogen-bond donors (Lipinski definition) is 8. The molecule has 0 fully saturated rings. The van der Waals surface area contributed by atoms with Gasteiger partial charge in [-0.2, -0.15) is 16.8 Å². The molecular weight excluding hydrogens is 949 g/mol. The van der Waals surface area contributed by atoms with Crippen molar-refractivity contribution in [1.29, 1.82) is 0 Å². The summed E-state index contributed by atoms with van der Waals surface area (Å²) in [6.07, 6.45) is 9.86. The molecule has 0 aromatic heterocycles. The fourth-order valence-electron chi connectivity index (χ4n) is 9.28. The number of fused-ring (bicyclic) bond motifs is 2. The lowest BCUT2D eigenvalue weighted by atomic mass is 9.93. The molecule has 6 rings (SSSR count). The normalized spacial score (nSPS) is 12.1. The Balaban J connectivity index is 1.34. The highest BCUT2D eigenvalue weighted by molar-refractivity contribution is 7.86. The van der Waals surface area contributed by atoms with Crippen LogP contribution in [-0.2, 0) is 25.0 Å². The van der Waals surface area contributed by atoms with Crippen LogP contribution in [0.5, 0.6) is 0 Å². The van der Waals surface area contributed by atoms with Crippen molar-refractivity contribution in [2.75, 3.05) is 22.5 Å². The van der Waals surface area contributed by atoms with Crippen LogP contribution in [0.3, 0.4) is 0 Å². The molecule has 9 N–H and O–H groups in total. The lowest BCUT2D eigenvalue weighted by molar-refractivity contribution is -0.137. The van der Waals surface area contributed by atoms with E-state index in [0.717, 1.165) is 74.5 Å². The van der Waals surface area contributed by atoms with Crippen molar-refractivity contribution in [1.82, 2.24) is 5.32 Å². The lowest BCUT2D eigenvalue weighted by Crippen LogP contribution is -2.30. The number of unbranched alkanes of at least 4 members (excludes halogenated alkanes) is 9. The predicted molar refractivity (Wildman–Crippen MR) is 276 cm³/mol. The van der Waals surface area contributed by atoms with Crippen molar-refractivity contribution in [2.24, 2.45) is 10.7 Å². The average molecular weight is 1010 g/mol. The minimum atomic E-state index is -4.82. The number of benzene rings is 5. The van der Waals surface area contributed by atoms with Crippen molar-refractivity contribution >= 4 is 77.7 Å². The number of hydrogen-bond acceptors (Lipinski definition) is 10. The van der Waals surface area contributed by atoms with Gasteiger partial charge in [0.05, 0.1) is 22.4 Å². The van der Waals surface area contributed by atoms with Crippen LogP contribution in [0.25, 0.3) is 33.4 Å². The van der Waals surface area contributed by atoms with Gasteiger partial charge in [-0.3, -0.25) is 13.9 Å². The zero-order valence-electron chi connectivity index (χ0n) is 40.8. The van der Waals surface area contributed by atoms with Gasteiger partial charge in [-0.15, -0.1) is 0 Å². The molecule has 2 aliphatic rings. The van der Waals surface area contributed by atoms with Crippen molar-refractivity contribution in [3.05, 3.63) is 105 Å². The average Bonchev–Trinajstić information content (AvgIpc) is 3.29. The molecule has 0 saturated heterocycles. The molecule has 71 heavy (non-hydrogen) atoms. The predicted octanol–water partition coefficient (Wildman–Crippen LogP) is 11.5. The molecule has 4 aromatic rings. The minimum Gasteiger partial charge on any atom is -0.481 e. The van der Waals surface area contributed by atoms with E-state index in [0.29, 0.717) is 57.7 Å². The Labute approximate surface area is 414 Å². The highest BCUT2D eigenvalue weighted by atomic mass is 32.2. The first kappa shape index (κ1) is 53.5. The summed E-state index contributed by atoms with van der Waals surface area (Å²) in [6.45, 7) is 10.7. The number of nitrogens with zero attached hydrogens (tertiary/aromatic N) is 1. The van der Waals surface area contributed by atoms with Crippen LogP contribution in [0.1, 0.15) is 104 Å². The molecule has 4 aromatic carbocycles. The molecule has 4 amide bonds. The van der Waals surface area contributed by atoms with E-state index >= 15 is 0 Å². The minimum absolute atomic E-state index is 0.126. The van der Waals surface area contributed by atoms with Crippen molar-refractivity contribution in [3.63, 3.8) is 0 Å². The maximum absolute atomic E-state index is 13.3. The van der Waals surface area contributed by atoms with E-state index in [-0.39, 0.29) is 50.5 Å². The molecule has 1 aliphatic heterocycles. The molecule has 0 unspecified atom stereocenters. The second kappa shape index (κ2) is 23.0. The third-order valence-corrected chi connectivity index (χ3v) is 14.7. The number of amides is 4. The van der Waals surface area contributed by atoms with Gasteiger partial charge in [0.25, 0.3) is 20.2 Å². The van der Waals surface area contributed by atoms with Gasteiger partial charge in [-0.05, 0) is 118 Å². The Bertz CT molecular complexity index is 3280. The summed E-state index contributed by atoms with van der Waals surface area (Å²) < 4.78 is 78.9. The molecule has 17 nitrogen and oxygen atoms in total. The fraction of sp³-hybridized carbons (Fsp3) is 0.346. The van der Waals surface area contributed by atoms with E-state index < -0.39 is 43.2 Å². The van der Waals surface area contributed by atoms with Crippen molar-refractivity contribution < 1.29 is 49.8 Å². The second-order valence-corrected chi connectivity index (χ2v) is 20.7. The van der Waals surface area contributed by atoms with Gasteiger partial charge in [0.15, 0.2) is 0 Å². The number of carboxylic acids is 1. The summed E-state index contributed by atoms with van der Waals surface area (Å²) in [6, 6.07) is 16.9. The highest BCUT2D eigenvalue weighted by Gasteiger charge is 2.27. The summed E-state index contributed by atoms with van der Waals surface area (Å²) in [5, 5.41) is 21.3. The monoisotopic (exact) mass is 1010 g/mol. The SMILES string of the molecule is Cc1cc(C)c(Nc2ccc3c(-c4ccccc4S(=O)(=O)O)c4cc/c(=N\c5c(C)c(NC(=O)NCCCCCCCCCCCCC(=O)O)c(C)c(S(=O)(=O)O)c5C)cc-4oc3c2)c(C)c1NC(N)=O. The van der Waals surface area contributed by atoms with Crippen LogP contribution < -0.4 is 32.4 Å². The molecule has 0 radical (unpaired) electrons. The first-order valence-electron chi connectivity index (χ1n) is 23.5. The van der Waals surface area contributed by atoms with Crippen LogP contribution in [0.2, 0.25) is 0 Å². The van der Waals surface area contributed by atoms with Crippen LogP contribution in [0.4, 0.5) is 38.0 Å². The summed E-state index contributed by atoms with van der Waals surface area (Å²) in [5.74, 6) is -0.514. The lowest BCUT2D eigenvalue weighted by Gasteiger charge is -2.20. The second-order valence-electron chi connectivity index (χ2n) is 17.9. The van der Waals surface area contributed by atoms with Crippen molar-refractivity contribution in [2.45, 2.75) is 122 Å². The molecule has 19 heteroatoms. The van der Waals surface area contributed by atoms with Gasteiger partial charge in [-0.25, -0.2) is 14.6 Å². The number of primary amides is 1. The number of aliphatic carboxylic acids is 1. The molecule has 378 valence electrons. The Hall–Kier alpha value is -6.80. The third-order valence-electron chi connectivity index (χ3n) is 12.6. The van der Waals surface area contributed by atoms with Gasteiger partial charge in [0.1, 0.15) is 21.1 Å². The Morgan fingerprint density at radius 2 is 1.28 bits per heavy atom. The van der Waals surface area contributed by atoms with Crippen LogP contribution in [0.15, 0.2) is 85.9 Å². The summed E-state index contributed by atoms with van der Waals surface area (Å²) in [4.78, 5) is 39.9. The summed E-state index contributed by atoms with van der Waals surface area (Å²) >= 11 is 0. The zero-order valence-corrected chi connectivity index (χ0v) is 42.4. The number of carboxylic acid groups (broad SMARTS) is 1. The number of carbonyl (C=O) groups excluding carboxylic acids is 2. The van der Waals surface area contributed by atoms with Gasteiger partial charge in [0.2, 0.25) is 0 Å². The number of anilines is 4. The van der Waals surface area contributed by atoms with E-state index in [4.69, 9.17) is 20.2 Å². The molecular formula is C52H62N6O11S2. The summed E-state index contributed by atoms with van der Waals surface area (Å²) in [5.41, 5.74) is 12.1. The number of rotatable bonds is 21. The molecule has 1 aliphatic carbocycles. The smallest absolute Gasteiger partial charge is 0.319 e. The number of aryl methyl sites for hydroxylation is 2. The van der Waals surface area contributed by atoms with Crippen LogP contribution >= 0.6 is 0 Å². The maximum atomic E-state index is 13.3. The third kappa shape index (κ3) is 13.1. The van der Waals surface area contributed by atoms with E-state index in [2.05, 4.69) is 21.3 Å². The van der Waals surface area contributed by atoms with Gasteiger partial charge < -0.3 is 36.5 Å². The number of nitrogens with one attached hydrogen (secondary N) is 4. The van der Waals surface area contributed by atoms with E-state index in [1.54, 1.807) is 55.5 Å². The Kier molecular flexibility index (Phi) is 17.3. The quantitative estimate of drug-likeness (QED) is 0.0190. The van der Waals surface area contributed by atoms with Crippen LogP contribution in [-0.4, -0.2) is 55.6 Å². The topological polar surface area (TPSA) is 280 Å². The molecule has 0 saturated carbocycles. The van der Waals surface area contributed by atoms with Gasteiger partial charge in [0, 0.05) is 58.5 Å². The fourth-order valence-corrected chi connectivity index (χ4v) is 11.0. The van der Waals surface area contributed by atoms with Crippen LogP contribution in [0, 0.1) is 41.5 Å². The maximum Gasteiger partial charge on any atom is 0.319 e. The van der Waals surface area contributed by atoms with Gasteiger partial charge >= 0.3 is 18.0 Å². The molecule has 1 heterocycles. The van der Waals surface area contributed by atoms with Crippen molar-refractivity contribution in [3.8, 4) is 22.5 Å². The van der Waals surface area contributed by atoms with E-state index in [1.807, 2.05) is 26.8 Å². The summed E-state index contributed by atoms with van der Waals surface area (Å²) in [7, 11) is -9.54. The molecule has 0 atom stereocenters. The first-order chi connectivity index (χ1) is 33.6. The number of carbonyl (C=O) groups is 3. The largest absolute Gasteiger partial charge is 0.481 e. The zero-order chi connectivity index (χ0) is 51.8. The molecule has 0 bridgehead atoms. The van der Waals surface area contributed by atoms with E-state index in [1.165, 1.54) is 26.0 Å². The Morgan fingerprint density at radius 3 is 1.92 bits per heavy atom. The van der Waals surface area contributed by atoms with E-state index in [9.17, 15) is 40.3 Å². The standard InChI is InChI=1S/C52H62N6O11S2/c1-30-27-31(2)47(57-51(53)61)32(3)46(30)55-36-22-24-38-41(28-36)69-42-29-37(23-25-39(42)45(38)40-19-16-17-20-43(40)70(63,64)65)56-48-33(4)49(35(6)50(34(48)5)71(66,67)68)58-52(62)54-26-18-14-12-10-8-7-9-11-13-15-21-44(59)60/h16-17,19-20,22-25,27-29,55H,7-15,18,21,26H2,1-6H3,(H,59,60)(H3,53,57,61)(H2,54,58,62)(H,63,64,65)(H,66,67,68)/b56-37+. The molecule has 0 spiro atoms. The highest BCUT2D eigenvalue weighted by Crippen LogP contribution is 2.44.